The van der Waals surface area contributed by atoms with Crippen molar-refractivity contribution < 1.29 is 14.3 Å². The van der Waals surface area contributed by atoms with E-state index >= 15 is 0 Å². The van der Waals surface area contributed by atoms with E-state index in [-0.39, 0.29) is 12.5 Å². The molecule has 0 spiro atoms. The minimum Gasteiger partial charge on any atom is -0.452 e. The molecule has 0 bridgehead atoms. The highest BCUT2D eigenvalue weighted by Gasteiger charge is 2.12. The zero-order valence-electron chi connectivity index (χ0n) is 15.8. The van der Waals surface area contributed by atoms with Crippen molar-refractivity contribution in [3.63, 3.8) is 0 Å². The van der Waals surface area contributed by atoms with Crippen LogP contribution in [0.15, 0.2) is 42.5 Å². The Balaban J connectivity index is 1.91. The van der Waals surface area contributed by atoms with Gasteiger partial charge in [-0.1, -0.05) is 12.1 Å². The number of carbonyl (C=O) groups is 2. The van der Waals surface area contributed by atoms with Gasteiger partial charge in [0.15, 0.2) is 6.61 Å². The van der Waals surface area contributed by atoms with Crippen molar-refractivity contribution in [3.8, 4) is 0 Å². The van der Waals surface area contributed by atoms with Gasteiger partial charge in [0, 0.05) is 24.5 Å². The normalized spacial score (nSPS) is 10.3. The maximum atomic E-state index is 12.1. The first-order chi connectivity index (χ1) is 12.4. The molecule has 1 amide bonds. The van der Waals surface area contributed by atoms with E-state index in [1.807, 2.05) is 44.2 Å². The molecule has 0 saturated carbocycles. The van der Waals surface area contributed by atoms with Crippen molar-refractivity contribution in [1.29, 1.82) is 0 Å². The number of ether oxygens (including phenoxy) is 1. The fraction of sp³-hybridized carbons (Fsp3) is 0.333. The van der Waals surface area contributed by atoms with Gasteiger partial charge in [-0.2, -0.15) is 0 Å². The van der Waals surface area contributed by atoms with Crippen molar-refractivity contribution in [2.75, 3.05) is 29.9 Å². The summed E-state index contributed by atoms with van der Waals surface area (Å²) in [5.74, 6) is -0.862. The number of hydrogen-bond acceptors (Lipinski definition) is 4. The molecular formula is C21H26N2O3. The smallest absolute Gasteiger partial charge is 0.338 e. The van der Waals surface area contributed by atoms with Crippen LogP contribution in [0.3, 0.4) is 0 Å². The van der Waals surface area contributed by atoms with Crippen LogP contribution in [0.5, 0.6) is 0 Å². The van der Waals surface area contributed by atoms with Crippen molar-refractivity contribution >= 4 is 23.3 Å². The highest BCUT2D eigenvalue weighted by molar-refractivity contribution is 5.96. The first-order valence-electron chi connectivity index (χ1n) is 8.83. The van der Waals surface area contributed by atoms with E-state index < -0.39 is 5.97 Å². The zero-order chi connectivity index (χ0) is 19.1. The van der Waals surface area contributed by atoms with E-state index in [4.69, 9.17) is 4.74 Å². The molecule has 138 valence electrons. The number of hydrogen-bond donors (Lipinski definition) is 1. The summed E-state index contributed by atoms with van der Waals surface area (Å²) in [7, 11) is 0. The number of anilines is 2. The van der Waals surface area contributed by atoms with Gasteiger partial charge in [-0.3, -0.25) is 4.79 Å². The second-order valence-corrected chi connectivity index (χ2v) is 6.16. The fourth-order valence-corrected chi connectivity index (χ4v) is 2.67. The topological polar surface area (TPSA) is 58.6 Å². The molecule has 5 heteroatoms. The van der Waals surface area contributed by atoms with Gasteiger partial charge in [-0.05, 0) is 69.2 Å². The Morgan fingerprint density at radius 2 is 1.65 bits per heavy atom. The molecule has 0 saturated heterocycles. The van der Waals surface area contributed by atoms with Crippen molar-refractivity contribution in [2.45, 2.75) is 27.7 Å². The maximum Gasteiger partial charge on any atom is 0.338 e. The van der Waals surface area contributed by atoms with Crippen LogP contribution in [-0.2, 0) is 9.53 Å². The van der Waals surface area contributed by atoms with E-state index in [0.29, 0.717) is 5.56 Å². The molecule has 0 aliphatic heterocycles. The monoisotopic (exact) mass is 354 g/mol. The number of esters is 1. The third-order valence-electron chi connectivity index (χ3n) is 4.23. The van der Waals surface area contributed by atoms with Crippen LogP contribution in [0.2, 0.25) is 0 Å². The molecule has 0 aliphatic rings. The second kappa shape index (κ2) is 9.04. The minimum atomic E-state index is -0.507. The Kier molecular flexibility index (Phi) is 6.78. The van der Waals surface area contributed by atoms with Crippen LogP contribution in [0.1, 0.15) is 35.3 Å². The summed E-state index contributed by atoms with van der Waals surface area (Å²) in [6, 6.07) is 13.0. The van der Waals surface area contributed by atoms with Gasteiger partial charge in [0.2, 0.25) is 0 Å². The SMILES string of the molecule is CCN(CC)c1ccc(C(=O)OCC(=O)Nc2cc(C)ccc2C)cc1. The summed E-state index contributed by atoms with van der Waals surface area (Å²) in [5.41, 5.74) is 4.23. The van der Waals surface area contributed by atoms with Gasteiger partial charge in [0.25, 0.3) is 5.91 Å². The predicted octanol–water partition coefficient (Wildman–Crippen LogP) is 3.95. The van der Waals surface area contributed by atoms with Crippen LogP contribution in [-0.4, -0.2) is 31.6 Å². The number of carbonyl (C=O) groups excluding carboxylic acids is 2. The Hall–Kier alpha value is -2.82. The first-order valence-corrected chi connectivity index (χ1v) is 8.83. The number of amides is 1. The summed E-state index contributed by atoms with van der Waals surface area (Å²) >= 11 is 0. The largest absolute Gasteiger partial charge is 0.452 e. The molecule has 2 aromatic rings. The number of nitrogens with one attached hydrogen (secondary N) is 1. The molecule has 0 aromatic heterocycles. The number of rotatable bonds is 7. The van der Waals surface area contributed by atoms with Gasteiger partial charge in [-0.25, -0.2) is 4.79 Å². The summed E-state index contributed by atoms with van der Waals surface area (Å²) in [4.78, 5) is 26.4. The van der Waals surface area contributed by atoms with Gasteiger partial charge in [0.1, 0.15) is 0 Å². The lowest BCUT2D eigenvalue weighted by Gasteiger charge is -2.20. The summed E-state index contributed by atoms with van der Waals surface area (Å²) in [6.07, 6.45) is 0. The van der Waals surface area contributed by atoms with Crippen molar-refractivity contribution in [1.82, 2.24) is 0 Å². The third-order valence-corrected chi connectivity index (χ3v) is 4.23. The maximum absolute atomic E-state index is 12.1. The first kappa shape index (κ1) is 19.5. The van der Waals surface area contributed by atoms with Gasteiger partial charge in [0.05, 0.1) is 5.56 Å². The zero-order valence-corrected chi connectivity index (χ0v) is 15.8. The van der Waals surface area contributed by atoms with Crippen LogP contribution in [0.4, 0.5) is 11.4 Å². The number of aryl methyl sites for hydroxylation is 2. The standard InChI is InChI=1S/C21H26N2O3/c1-5-23(6-2)18-11-9-17(10-12-18)21(25)26-14-20(24)22-19-13-15(3)7-8-16(19)4/h7-13H,5-6,14H2,1-4H3,(H,22,24). The molecular weight excluding hydrogens is 328 g/mol. The van der Waals surface area contributed by atoms with E-state index in [1.54, 1.807) is 12.1 Å². The third kappa shape index (κ3) is 5.09. The average molecular weight is 354 g/mol. The average Bonchev–Trinajstić information content (AvgIpc) is 2.64. The van der Waals surface area contributed by atoms with E-state index in [9.17, 15) is 9.59 Å². The molecule has 0 unspecified atom stereocenters. The van der Waals surface area contributed by atoms with E-state index in [2.05, 4.69) is 24.1 Å². The van der Waals surface area contributed by atoms with E-state index in [0.717, 1.165) is 35.6 Å². The Morgan fingerprint density at radius 1 is 1.00 bits per heavy atom. The summed E-state index contributed by atoms with van der Waals surface area (Å²) < 4.78 is 5.12. The molecule has 2 rings (SSSR count). The van der Waals surface area contributed by atoms with Gasteiger partial charge >= 0.3 is 5.97 Å². The van der Waals surface area contributed by atoms with Crippen LogP contribution < -0.4 is 10.2 Å². The minimum absolute atomic E-state index is 0.315. The molecule has 0 aliphatic carbocycles. The Bertz CT molecular complexity index is 765. The highest BCUT2D eigenvalue weighted by Crippen LogP contribution is 2.17. The lowest BCUT2D eigenvalue weighted by Crippen LogP contribution is -2.22. The van der Waals surface area contributed by atoms with E-state index in [1.165, 1.54) is 0 Å². The van der Waals surface area contributed by atoms with Crippen LogP contribution >= 0.6 is 0 Å². The number of nitrogens with zero attached hydrogens (tertiary/aromatic N) is 1. The molecule has 26 heavy (non-hydrogen) atoms. The quantitative estimate of drug-likeness (QED) is 0.765. The van der Waals surface area contributed by atoms with Crippen molar-refractivity contribution in [2.24, 2.45) is 0 Å². The fourth-order valence-electron chi connectivity index (χ4n) is 2.67. The van der Waals surface area contributed by atoms with Crippen LogP contribution in [0, 0.1) is 13.8 Å². The molecule has 1 N–H and O–H groups in total. The molecule has 0 heterocycles. The van der Waals surface area contributed by atoms with Gasteiger partial charge in [-0.15, -0.1) is 0 Å². The van der Waals surface area contributed by atoms with Gasteiger partial charge < -0.3 is 15.0 Å². The Labute approximate surface area is 155 Å². The highest BCUT2D eigenvalue weighted by atomic mass is 16.5. The molecule has 2 aromatic carbocycles. The molecule has 0 radical (unpaired) electrons. The second-order valence-electron chi connectivity index (χ2n) is 6.16. The summed E-state index contributed by atoms with van der Waals surface area (Å²) in [5, 5.41) is 2.77. The lowest BCUT2D eigenvalue weighted by molar-refractivity contribution is -0.119. The molecule has 0 atom stereocenters. The van der Waals surface area contributed by atoms with Crippen molar-refractivity contribution in [3.05, 3.63) is 59.2 Å². The predicted molar refractivity (Wildman–Crippen MR) is 105 cm³/mol. The Morgan fingerprint density at radius 3 is 2.27 bits per heavy atom. The lowest BCUT2D eigenvalue weighted by atomic mass is 10.1. The summed E-state index contributed by atoms with van der Waals surface area (Å²) in [6.45, 7) is 9.53. The molecule has 0 fully saturated rings. The molecule has 5 nitrogen and oxygen atoms in total. The van der Waals surface area contributed by atoms with Crippen LogP contribution in [0.25, 0.3) is 0 Å². The number of benzene rings is 2.